The molecule has 1 heterocycles. The van der Waals surface area contributed by atoms with Gasteiger partial charge in [0, 0.05) is 24.2 Å². The van der Waals surface area contributed by atoms with Gasteiger partial charge >= 0.3 is 0 Å². The van der Waals surface area contributed by atoms with Crippen LogP contribution >= 0.6 is 0 Å². The van der Waals surface area contributed by atoms with Crippen molar-refractivity contribution in [1.29, 1.82) is 0 Å². The van der Waals surface area contributed by atoms with E-state index >= 15 is 0 Å². The van der Waals surface area contributed by atoms with Crippen molar-refractivity contribution >= 4 is 11.0 Å². The minimum absolute atomic E-state index is 0.253. The molecule has 5 rings (SSSR count). The van der Waals surface area contributed by atoms with Crippen LogP contribution in [0.15, 0.2) is 54.6 Å². The SMILES string of the molecule is CN(C)CCCOc1cc2nc(-c3cccc4c3-c3ccccc3C4)[nH]c2cc1F. The van der Waals surface area contributed by atoms with Crippen molar-refractivity contribution in [2.75, 3.05) is 27.2 Å². The van der Waals surface area contributed by atoms with Gasteiger partial charge in [-0.05, 0) is 49.2 Å². The third kappa shape index (κ3) is 3.35. The fraction of sp³-hybridized carbons (Fsp3) is 0.240. The molecular weight excluding hydrogens is 377 g/mol. The van der Waals surface area contributed by atoms with E-state index in [9.17, 15) is 4.39 Å². The molecular formula is C25H24FN3O. The van der Waals surface area contributed by atoms with E-state index in [1.165, 1.54) is 28.3 Å². The van der Waals surface area contributed by atoms with E-state index < -0.39 is 0 Å². The topological polar surface area (TPSA) is 41.1 Å². The normalized spacial score (nSPS) is 12.4. The van der Waals surface area contributed by atoms with Crippen LogP contribution in [0.2, 0.25) is 0 Å². The van der Waals surface area contributed by atoms with Gasteiger partial charge < -0.3 is 14.6 Å². The monoisotopic (exact) mass is 401 g/mol. The lowest BCUT2D eigenvalue weighted by Crippen LogP contribution is -2.15. The summed E-state index contributed by atoms with van der Waals surface area (Å²) in [4.78, 5) is 10.2. The van der Waals surface area contributed by atoms with Crippen molar-refractivity contribution in [3.8, 4) is 28.3 Å². The van der Waals surface area contributed by atoms with Crippen molar-refractivity contribution in [3.05, 3.63) is 71.5 Å². The molecule has 0 aliphatic heterocycles. The zero-order valence-electron chi connectivity index (χ0n) is 17.2. The van der Waals surface area contributed by atoms with Crippen molar-refractivity contribution in [1.82, 2.24) is 14.9 Å². The number of aromatic nitrogens is 2. The molecule has 0 saturated carbocycles. The summed E-state index contributed by atoms with van der Waals surface area (Å²) in [6.45, 7) is 1.37. The Morgan fingerprint density at radius 2 is 1.83 bits per heavy atom. The molecule has 0 atom stereocenters. The maximum absolute atomic E-state index is 14.6. The molecule has 0 spiro atoms. The van der Waals surface area contributed by atoms with E-state index in [1.54, 1.807) is 6.07 Å². The van der Waals surface area contributed by atoms with Crippen LogP contribution < -0.4 is 4.74 Å². The molecule has 4 aromatic rings. The van der Waals surface area contributed by atoms with E-state index in [4.69, 9.17) is 9.72 Å². The molecule has 1 aliphatic carbocycles. The quantitative estimate of drug-likeness (QED) is 0.394. The molecule has 0 fully saturated rings. The average molecular weight is 401 g/mol. The Hall–Kier alpha value is -3.18. The summed E-state index contributed by atoms with van der Waals surface area (Å²) < 4.78 is 20.2. The minimum Gasteiger partial charge on any atom is -0.490 e. The zero-order chi connectivity index (χ0) is 20.7. The van der Waals surface area contributed by atoms with Gasteiger partial charge in [0.1, 0.15) is 5.82 Å². The molecule has 0 bridgehead atoms. The number of nitrogens with one attached hydrogen (secondary N) is 1. The molecule has 30 heavy (non-hydrogen) atoms. The molecule has 0 radical (unpaired) electrons. The molecule has 3 aromatic carbocycles. The standard InChI is InChI=1S/C25H24FN3O/c1-29(2)11-6-12-30-23-15-22-21(14-20(23)26)27-25(28-22)19-10-5-8-17-13-16-7-3-4-9-18(16)24(17)19/h3-5,7-10,14-15H,6,11-13H2,1-2H3,(H,27,28). The first-order valence-electron chi connectivity index (χ1n) is 10.3. The number of imidazole rings is 1. The second-order valence-corrected chi connectivity index (χ2v) is 8.06. The van der Waals surface area contributed by atoms with Crippen LogP contribution in [0.25, 0.3) is 33.5 Å². The van der Waals surface area contributed by atoms with Crippen LogP contribution in [-0.2, 0) is 6.42 Å². The highest BCUT2D eigenvalue weighted by Crippen LogP contribution is 2.42. The number of benzene rings is 3. The number of H-pyrrole nitrogens is 1. The van der Waals surface area contributed by atoms with E-state index in [1.807, 2.05) is 14.1 Å². The number of hydrogen-bond donors (Lipinski definition) is 1. The summed E-state index contributed by atoms with van der Waals surface area (Å²) in [5.41, 5.74) is 7.51. The van der Waals surface area contributed by atoms with Gasteiger partial charge in [-0.15, -0.1) is 0 Å². The lowest BCUT2D eigenvalue weighted by Gasteiger charge is -2.10. The number of rotatable bonds is 6. The van der Waals surface area contributed by atoms with Gasteiger partial charge in [-0.2, -0.15) is 0 Å². The second-order valence-electron chi connectivity index (χ2n) is 8.06. The van der Waals surface area contributed by atoms with Crippen molar-refractivity contribution in [3.63, 3.8) is 0 Å². The summed E-state index contributed by atoms with van der Waals surface area (Å²) in [7, 11) is 4.02. The number of fused-ring (bicyclic) bond motifs is 4. The molecule has 0 unspecified atom stereocenters. The molecule has 1 N–H and O–H groups in total. The molecule has 4 nitrogen and oxygen atoms in total. The maximum atomic E-state index is 14.6. The van der Waals surface area contributed by atoms with Gasteiger partial charge in [0.2, 0.25) is 0 Å². The summed E-state index contributed by atoms with van der Waals surface area (Å²) >= 11 is 0. The van der Waals surface area contributed by atoms with Gasteiger partial charge in [-0.3, -0.25) is 0 Å². The van der Waals surface area contributed by atoms with Gasteiger partial charge in [-0.1, -0.05) is 42.5 Å². The Balaban J connectivity index is 1.50. The molecule has 1 aliphatic rings. The van der Waals surface area contributed by atoms with Crippen LogP contribution in [0.1, 0.15) is 17.5 Å². The number of ether oxygens (including phenoxy) is 1. The molecule has 152 valence electrons. The van der Waals surface area contributed by atoms with Gasteiger partial charge in [0.05, 0.1) is 17.6 Å². The summed E-state index contributed by atoms with van der Waals surface area (Å²) in [6, 6.07) is 18.0. The highest BCUT2D eigenvalue weighted by atomic mass is 19.1. The van der Waals surface area contributed by atoms with E-state index in [0.717, 1.165) is 30.8 Å². The Labute approximate surface area is 175 Å². The van der Waals surface area contributed by atoms with Gasteiger partial charge in [0.15, 0.2) is 11.6 Å². The van der Waals surface area contributed by atoms with Crippen molar-refractivity contribution in [2.24, 2.45) is 0 Å². The van der Waals surface area contributed by atoms with Crippen LogP contribution in [-0.4, -0.2) is 42.1 Å². The fourth-order valence-corrected chi connectivity index (χ4v) is 4.20. The van der Waals surface area contributed by atoms with Crippen molar-refractivity contribution < 1.29 is 9.13 Å². The predicted octanol–water partition coefficient (Wildman–Crippen LogP) is 5.27. The first-order valence-corrected chi connectivity index (χ1v) is 10.3. The third-order valence-corrected chi connectivity index (χ3v) is 5.62. The third-order valence-electron chi connectivity index (χ3n) is 5.62. The highest BCUT2D eigenvalue weighted by molar-refractivity contribution is 5.91. The van der Waals surface area contributed by atoms with Crippen LogP contribution in [0, 0.1) is 5.82 Å². The summed E-state index contributed by atoms with van der Waals surface area (Å²) in [5.74, 6) is 0.636. The fourth-order valence-electron chi connectivity index (χ4n) is 4.20. The largest absolute Gasteiger partial charge is 0.490 e. The first kappa shape index (κ1) is 18.8. The smallest absolute Gasteiger partial charge is 0.167 e. The van der Waals surface area contributed by atoms with Gasteiger partial charge in [0.25, 0.3) is 0 Å². The average Bonchev–Trinajstić information content (AvgIpc) is 3.31. The Bertz CT molecular complexity index is 1230. The lowest BCUT2D eigenvalue weighted by atomic mass is 9.99. The molecule has 1 aromatic heterocycles. The number of aromatic amines is 1. The minimum atomic E-state index is -0.369. The Morgan fingerprint density at radius 1 is 1.03 bits per heavy atom. The number of hydrogen-bond acceptors (Lipinski definition) is 3. The van der Waals surface area contributed by atoms with E-state index in [2.05, 4.69) is 52.3 Å². The second kappa shape index (κ2) is 7.58. The highest BCUT2D eigenvalue weighted by Gasteiger charge is 2.23. The Kier molecular flexibility index (Phi) is 4.75. The number of nitrogens with zero attached hydrogens (tertiary/aromatic N) is 2. The zero-order valence-corrected chi connectivity index (χ0v) is 17.2. The summed E-state index contributed by atoms with van der Waals surface area (Å²) in [6.07, 6.45) is 1.77. The Morgan fingerprint density at radius 3 is 2.70 bits per heavy atom. The molecule has 5 heteroatoms. The van der Waals surface area contributed by atoms with Crippen LogP contribution in [0.3, 0.4) is 0 Å². The molecule has 0 saturated heterocycles. The van der Waals surface area contributed by atoms with E-state index in [-0.39, 0.29) is 11.6 Å². The lowest BCUT2D eigenvalue weighted by molar-refractivity contribution is 0.271. The maximum Gasteiger partial charge on any atom is 0.167 e. The first-order chi connectivity index (χ1) is 14.6. The van der Waals surface area contributed by atoms with Gasteiger partial charge in [-0.25, -0.2) is 9.37 Å². The molecule has 0 amide bonds. The van der Waals surface area contributed by atoms with Crippen molar-refractivity contribution in [2.45, 2.75) is 12.8 Å². The van der Waals surface area contributed by atoms with E-state index in [0.29, 0.717) is 17.6 Å². The number of halogens is 1. The predicted molar refractivity (Wildman–Crippen MR) is 118 cm³/mol. The van der Waals surface area contributed by atoms with Crippen LogP contribution in [0.5, 0.6) is 5.75 Å². The van der Waals surface area contributed by atoms with Crippen LogP contribution in [0.4, 0.5) is 4.39 Å². The summed E-state index contributed by atoms with van der Waals surface area (Å²) in [5, 5.41) is 0.